The molecule has 3 nitrogen and oxygen atoms in total. The molecule has 0 saturated carbocycles. The number of carbonyl (C=O) groups excluding carboxylic acids is 1. The minimum atomic E-state index is 0.112. The Morgan fingerprint density at radius 3 is 2.22 bits per heavy atom. The van der Waals surface area contributed by atoms with Crippen LogP contribution in [0.3, 0.4) is 0 Å². The fourth-order valence-corrected chi connectivity index (χ4v) is 4.41. The van der Waals surface area contributed by atoms with Crippen LogP contribution in [0.15, 0.2) is 54.6 Å². The Morgan fingerprint density at radius 1 is 0.963 bits per heavy atom. The molecule has 0 fully saturated rings. The number of fused-ring (bicyclic) bond motifs is 1. The molecule has 0 radical (unpaired) electrons. The number of aromatic nitrogens is 2. The van der Waals surface area contributed by atoms with Crippen molar-refractivity contribution in [3.05, 3.63) is 70.7 Å². The van der Waals surface area contributed by atoms with E-state index in [2.05, 4.69) is 52.0 Å². The van der Waals surface area contributed by atoms with Crippen molar-refractivity contribution < 1.29 is 4.79 Å². The Morgan fingerprint density at radius 2 is 1.63 bits per heavy atom. The molecular formula is C23H22N2OS. The summed E-state index contributed by atoms with van der Waals surface area (Å²) in [5.74, 6) is 0. The number of imidazole rings is 1. The quantitative estimate of drug-likeness (QED) is 0.403. The third kappa shape index (κ3) is 3.00. The van der Waals surface area contributed by atoms with Gasteiger partial charge in [0.15, 0.2) is 11.2 Å². The maximum absolute atomic E-state index is 12.0. The number of aryl methyl sites for hydroxylation is 1. The van der Waals surface area contributed by atoms with E-state index >= 15 is 0 Å². The summed E-state index contributed by atoms with van der Waals surface area (Å²) in [5, 5.41) is 0. The molecule has 0 amide bonds. The summed E-state index contributed by atoms with van der Waals surface area (Å²) >= 11 is 1.62. The largest absolute Gasteiger partial charge is 0.296 e. The second-order valence-corrected chi connectivity index (χ2v) is 8.96. The molecular weight excluding hydrogens is 352 g/mol. The number of rotatable bonds is 3. The van der Waals surface area contributed by atoms with Crippen LogP contribution >= 0.6 is 11.3 Å². The van der Waals surface area contributed by atoms with Crippen molar-refractivity contribution in [3.8, 4) is 22.5 Å². The fourth-order valence-electron chi connectivity index (χ4n) is 3.42. The zero-order valence-electron chi connectivity index (χ0n) is 16.0. The highest BCUT2D eigenvalue weighted by atomic mass is 32.1. The Hall–Kier alpha value is -2.72. The van der Waals surface area contributed by atoms with Gasteiger partial charge in [0.2, 0.25) is 0 Å². The SMILES string of the molecule is Cc1sc2nc(-c3ccccc3)c(C=O)n2c1-c1ccc(C(C)(C)C)cc1. The summed E-state index contributed by atoms with van der Waals surface area (Å²) in [6, 6.07) is 18.5. The van der Waals surface area contributed by atoms with Gasteiger partial charge in [-0.25, -0.2) is 4.98 Å². The molecule has 2 aromatic heterocycles. The maximum atomic E-state index is 12.0. The van der Waals surface area contributed by atoms with Gasteiger partial charge in [-0.2, -0.15) is 0 Å². The van der Waals surface area contributed by atoms with Gasteiger partial charge in [-0.15, -0.1) is 11.3 Å². The van der Waals surface area contributed by atoms with E-state index in [0.717, 1.165) is 38.6 Å². The van der Waals surface area contributed by atoms with Gasteiger partial charge < -0.3 is 0 Å². The van der Waals surface area contributed by atoms with Crippen molar-refractivity contribution in [1.82, 2.24) is 9.38 Å². The minimum Gasteiger partial charge on any atom is -0.296 e. The van der Waals surface area contributed by atoms with Crippen molar-refractivity contribution >= 4 is 22.6 Å². The molecule has 0 spiro atoms. The first kappa shape index (κ1) is 17.7. The van der Waals surface area contributed by atoms with Gasteiger partial charge in [0.1, 0.15) is 11.4 Å². The molecule has 4 aromatic rings. The van der Waals surface area contributed by atoms with Crippen molar-refractivity contribution in [1.29, 1.82) is 0 Å². The fraction of sp³-hybridized carbons (Fsp3) is 0.217. The lowest BCUT2D eigenvalue weighted by Gasteiger charge is -2.19. The molecule has 0 atom stereocenters. The number of aldehydes is 1. The molecule has 27 heavy (non-hydrogen) atoms. The minimum absolute atomic E-state index is 0.112. The van der Waals surface area contributed by atoms with Crippen LogP contribution in [0.25, 0.3) is 27.5 Å². The summed E-state index contributed by atoms with van der Waals surface area (Å²) in [6.45, 7) is 8.72. The average molecular weight is 375 g/mol. The van der Waals surface area contributed by atoms with Crippen LogP contribution < -0.4 is 0 Å². The third-order valence-corrected chi connectivity index (χ3v) is 5.82. The standard InChI is InChI=1S/C23H22N2OS/c1-15-21(17-10-12-18(13-11-17)23(2,3)4)25-19(14-26)20(24-22(25)27-15)16-8-6-5-7-9-16/h5-14H,1-4H3. The summed E-state index contributed by atoms with van der Waals surface area (Å²) in [6.07, 6.45) is 0.918. The number of nitrogens with zero attached hydrogens (tertiary/aromatic N) is 2. The molecule has 2 aromatic carbocycles. The van der Waals surface area contributed by atoms with Gasteiger partial charge in [0.25, 0.3) is 0 Å². The van der Waals surface area contributed by atoms with E-state index in [4.69, 9.17) is 4.98 Å². The second kappa shape index (κ2) is 6.46. The van der Waals surface area contributed by atoms with E-state index in [9.17, 15) is 4.79 Å². The van der Waals surface area contributed by atoms with Crippen LogP contribution in [0, 0.1) is 6.92 Å². The van der Waals surface area contributed by atoms with E-state index < -0.39 is 0 Å². The summed E-state index contributed by atoms with van der Waals surface area (Å²) < 4.78 is 2.00. The third-order valence-electron chi connectivity index (χ3n) is 4.87. The number of thiazole rings is 1. The monoisotopic (exact) mass is 374 g/mol. The maximum Gasteiger partial charge on any atom is 0.195 e. The molecule has 4 heteroatoms. The first-order valence-electron chi connectivity index (χ1n) is 9.03. The highest BCUT2D eigenvalue weighted by Gasteiger charge is 2.21. The van der Waals surface area contributed by atoms with E-state index in [0.29, 0.717) is 5.69 Å². The smallest absolute Gasteiger partial charge is 0.195 e. The lowest BCUT2D eigenvalue weighted by Crippen LogP contribution is -2.10. The van der Waals surface area contributed by atoms with Gasteiger partial charge in [-0.1, -0.05) is 75.4 Å². The second-order valence-electron chi connectivity index (χ2n) is 7.78. The lowest BCUT2D eigenvalue weighted by atomic mass is 9.86. The first-order chi connectivity index (χ1) is 12.9. The van der Waals surface area contributed by atoms with Gasteiger partial charge in [-0.05, 0) is 23.5 Å². The molecule has 2 heterocycles. The van der Waals surface area contributed by atoms with Gasteiger partial charge in [0.05, 0.1) is 5.69 Å². The van der Waals surface area contributed by atoms with Gasteiger partial charge in [0, 0.05) is 10.4 Å². The summed E-state index contributed by atoms with van der Waals surface area (Å²) in [5.41, 5.74) is 5.86. The Kier molecular flexibility index (Phi) is 4.23. The zero-order chi connectivity index (χ0) is 19.2. The molecule has 0 aliphatic rings. The molecule has 0 aliphatic carbocycles. The van der Waals surface area contributed by atoms with Crippen molar-refractivity contribution in [2.75, 3.05) is 0 Å². The van der Waals surface area contributed by atoms with Crippen molar-refractivity contribution in [2.45, 2.75) is 33.1 Å². The van der Waals surface area contributed by atoms with E-state index in [1.807, 2.05) is 34.7 Å². The zero-order valence-corrected chi connectivity index (χ0v) is 16.8. The van der Waals surface area contributed by atoms with Crippen LogP contribution in [-0.4, -0.2) is 15.7 Å². The first-order valence-corrected chi connectivity index (χ1v) is 9.85. The predicted molar refractivity (Wildman–Crippen MR) is 113 cm³/mol. The average Bonchev–Trinajstić information content (AvgIpc) is 3.16. The normalized spacial score (nSPS) is 11.9. The van der Waals surface area contributed by atoms with Crippen LogP contribution in [0.2, 0.25) is 0 Å². The van der Waals surface area contributed by atoms with Crippen molar-refractivity contribution in [3.63, 3.8) is 0 Å². The molecule has 0 aliphatic heterocycles. The van der Waals surface area contributed by atoms with Gasteiger partial charge >= 0.3 is 0 Å². The van der Waals surface area contributed by atoms with E-state index in [-0.39, 0.29) is 5.41 Å². The molecule has 0 N–H and O–H groups in total. The lowest BCUT2D eigenvalue weighted by molar-refractivity contribution is 0.111. The molecule has 4 rings (SSSR count). The van der Waals surface area contributed by atoms with Crippen LogP contribution in [0.1, 0.15) is 41.7 Å². The number of benzene rings is 2. The Labute approximate surface area is 163 Å². The number of carbonyl (C=O) groups is 1. The Balaban J connectivity index is 1.92. The summed E-state index contributed by atoms with van der Waals surface area (Å²) in [4.78, 5) is 18.8. The molecule has 136 valence electrons. The Bertz CT molecular complexity index is 1110. The van der Waals surface area contributed by atoms with Crippen LogP contribution in [-0.2, 0) is 5.41 Å². The topological polar surface area (TPSA) is 34.4 Å². The highest BCUT2D eigenvalue weighted by Crippen LogP contribution is 2.36. The van der Waals surface area contributed by atoms with Crippen LogP contribution in [0.4, 0.5) is 0 Å². The highest BCUT2D eigenvalue weighted by molar-refractivity contribution is 7.17. The number of hydrogen-bond donors (Lipinski definition) is 0. The van der Waals surface area contributed by atoms with Crippen molar-refractivity contribution in [2.24, 2.45) is 0 Å². The van der Waals surface area contributed by atoms with E-state index in [1.54, 1.807) is 11.3 Å². The molecule has 0 unspecified atom stereocenters. The van der Waals surface area contributed by atoms with E-state index in [1.165, 1.54) is 5.56 Å². The molecule has 0 saturated heterocycles. The number of hydrogen-bond acceptors (Lipinski definition) is 3. The predicted octanol–water partition coefficient (Wildman–Crippen LogP) is 6.15. The van der Waals surface area contributed by atoms with Crippen LogP contribution in [0.5, 0.6) is 0 Å². The van der Waals surface area contributed by atoms with Gasteiger partial charge in [-0.3, -0.25) is 9.20 Å². The summed E-state index contributed by atoms with van der Waals surface area (Å²) in [7, 11) is 0. The molecule has 0 bridgehead atoms.